The van der Waals surface area contributed by atoms with Crippen LogP contribution in [0, 0.1) is 0 Å². The molecule has 0 bridgehead atoms. The van der Waals surface area contributed by atoms with Crippen molar-refractivity contribution >= 4 is 21.8 Å². The van der Waals surface area contributed by atoms with Gasteiger partial charge in [0.05, 0.1) is 0 Å². The fourth-order valence-corrected chi connectivity index (χ4v) is 1.25. The second-order valence-corrected chi connectivity index (χ2v) is 3.39. The molecule has 3 N–H and O–H groups in total. The lowest BCUT2D eigenvalue weighted by molar-refractivity contribution is 0.991. The Morgan fingerprint density at radius 1 is 1.46 bits per heavy atom. The normalized spacial score (nSPS) is 11.5. The third kappa shape index (κ3) is 2.82. The third-order valence-electron chi connectivity index (χ3n) is 1.57. The van der Waals surface area contributed by atoms with Crippen LogP contribution in [0.15, 0.2) is 33.7 Å². The van der Waals surface area contributed by atoms with Crippen LogP contribution in [-0.2, 0) is 0 Å². The van der Waals surface area contributed by atoms with Gasteiger partial charge in [0.2, 0.25) is 0 Å². The Morgan fingerprint density at radius 3 is 2.54 bits per heavy atom. The molecular formula is C9H12BrN3. The summed E-state index contributed by atoms with van der Waals surface area (Å²) in [6, 6.07) is 7.83. The first-order chi connectivity index (χ1) is 6.27. The molecule has 0 radical (unpaired) electrons. The molecule has 0 spiro atoms. The van der Waals surface area contributed by atoms with E-state index in [9.17, 15) is 0 Å². The van der Waals surface area contributed by atoms with Gasteiger partial charge in [-0.15, -0.1) is 0 Å². The van der Waals surface area contributed by atoms with Crippen molar-refractivity contribution in [2.24, 2.45) is 10.8 Å². The van der Waals surface area contributed by atoms with Gasteiger partial charge >= 0.3 is 0 Å². The summed E-state index contributed by atoms with van der Waals surface area (Å²) in [4.78, 5) is 4.21. The van der Waals surface area contributed by atoms with Crippen LogP contribution in [0.25, 0.3) is 0 Å². The van der Waals surface area contributed by atoms with E-state index in [-0.39, 0.29) is 0 Å². The van der Waals surface area contributed by atoms with E-state index < -0.39 is 0 Å². The lowest BCUT2D eigenvalue weighted by atomic mass is 10.2. The highest BCUT2D eigenvalue weighted by molar-refractivity contribution is 9.10. The Morgan fingerprint density at radius 2 is 2.08 bits per heavy atom. The first-order valence-corrected chi connectivity index (χ1v) is 4.84. The number of hydrogen-bond donors (Lipinski definition) is 2. The van der Waals surface area contributed by atoms with Crippen molar-refractivity contribution < 1.29 is 0 Å². The molecule has 1 rings (SSSR count). The van der Waals surface area contributed by atoms with Crippen LogP contribution in [0.1, 0.15) is 12.5 Å². The van der Waals surface area contributed by atoms with Crippen molar-refractivity contribution in [2.45, 2.75) is 6.92 Å². The van der Waals surface area contributed by atoms with Crippen LogP contribution in [0.2, 0.25) is 0 Å². The highest BCUT2D eigenvalue weighted by atomic mass is 79.9. The Hall–Kier alpha value is -0.870. The van der Waals surface area contributed by atoms with Crippen molar-refractivity contribution in [2.75, 3.05) is 6.54 Å². The van der Waals surface area contributed by atoms with Crippen LogP contribution in [-0.4, -0.2) is 12.4 Å². The Kier molecular flexibility index (Phi) is 3.92. The molecule has 0 saturated carbocycles. The van der Waals surface area contributed by atoms with E-state index in [4.69, 9.17) is 5.84 Å². The molecule has 3 nitrogen and oxygen atoms in total. The molecule has 4 heteroatoms. The number of hydrogen-bond acceptors (Lipinski definition) is 2. The zero-order chi connectivity index (χ0) is 9.68. The maximum atomic E-state index is 5.34. The van der Waals surface area contributed by atoms with Gasteiger partial charge in [-0.3, -0.25) is 4.99 Å². The van der Waals surface area contributed by atoms with Crippen LogP contribution < -0.4 is 11.3 Å². The maximum absolute atomic E-state index is 5.34. The molecule has 13 heavy (non-hydrogen) atoms. The molecule has 0 aromatic heterocycles. The maximum Gasteiger partial charge on any atom is 0.142 e. The summed E-state index contributed by atoms with van der Waals surface area (Å²) in [5.41, 5.74) is 3.57. The largest absolute Gasteiger partial charge is 0.308 e. The first kappa shape index (κ1) is 10.2. The van der Waals surface area contributed by atoms with E-state index in [2.05, 4.69) is 26.3 Å². The summed E-state index contributed by atoms with van der Waals surface area (Å²) in [6.45, 7) is 2.69. The lowest BCUT2D eigenvalue weighted by Crippen LogP contribution is -2.31. The van der Waals surface area contributed by atoms with Gasteiger partial charge in [0.1, 0.15) is 5.84 Å². The number of amidine groups is 1. The van der Waals surface area contributed by atoms with E-state index >= 15 is 0 Å². The predicted octanol–water partition coefficient (Wildman–Crippen LogP) is 1.68. The molecule has 0 aliphatic rings. The van der Waals surface area contributed by atoms with Gasteiger partial charge < -0.3 is 5.43 Å². The quantitative estimate of drug-likeness (QED) is 0.359. The highest BCUT2D eigenvalue weighted by Gasteiger charge is 1.99. The standard InChI is InChI=1S/C9H12BrN3/c1-2-12-9(13-11)7-3-5-8(10)6-4-7/h3-6H,2,11H2,1H3,(H,12,13). The number of nitrogens with one attached hydrogen (secondary N) is 1. The average molecular weight is 242 g/mol. The molecule has 1 aromatic carbocycles. The van der Waals surface area contributed by atoms with E-state index in [1.165, 1.54) is 0 Å². The molecule has 1 aromatic rings. The fraction of sp³-hybridized carbons (Fsp3) is 0.222. The molecule has 0 unspecified atom stereocenters. The SMILES string of the molecule is CCN=C(NN)c1ccc(Br)cc1. The van der Waals surface area contributed by atoms with Crippen molar-refractivity contribution in [1.82, 2.24) is 5.43 Å². The Bertz CT molecular complexity index is 292. The van der Waals surface area contributed by atoms with Gasteiger partial charge in [-0.25, -0.2) is 5.84 Å². The van der Waals surface area contributed by atoms with Crippen LogP contribution >= 0.6 is 15.9 Å². The number of nitrogens with zero attached hydrogens (tertiary/aromatic N) is 1. The summed E-state index contributed by atoms with van der Waals surface area (Å²) >= 11 is 3.36. The summed E-state index contributed by atoms with van der Waals surface area (Å²) in [5.74, 6) is 6.05. The summed E-state index contributed by atoms with van der Waals surface area (Å²) < 4.78 is 1.05. The van der Waals surface area contributed by atoms with E-state index in [1.807, 2.05) is 31.2 Å². The number of benzene rings is 1. The second kappa shape index (κ2) is 4.99. The molecule has 0 aliphatic carbocycles. The number of rotatable bonds is 2. The van der Waals surface area contributed by atoms with Crippen molar-refractivity contribution in [3.05, 3.63) is 34.3 Å². The van der Waals surface area contributed by atoms with Gasteiger partial charge in [0.15, 0.2) is 0 Å². The molecule has 0 aliphatic heterocycles. The number of hydrazine groups is 1. The van der Waals surface area contributed by atoms with Gasteiger partial charge in [0.25, 0.3) is 0 Å². The van der Waals surface area contributed by atoms with E-state index in [0.717, 1.165) is 22.4 Å². The Labute approximate surface area is 86.1 Å². The third-order valence-corrected chi connectivity index (χ3v) is 2.10. The van der Waals surface area contributed by atoms with Gasteiger partial charge in [-0.05, 0) is 19.1 Å². The van der Waals surface area contributed by atoms with Crippen LogP contribution in [0.4, 0.5) is 0 Å². The first-order valence-electron chi connectivity index (χ1n) is 4.05. The van der Waals surface area contributed by atoms with E-state index in [1.54, 1.807) is 0 Å². The smallest absolute Gasteiger partial charge is 0.142 e. The number of nitrogens with two attached hydrogens (primary N) is 1. The number of aliphatic imine (C=N–C) groups is 1. The predicted molar refractivity (Wildman–Crippen MR) is 58.5 cm³/mol. The Balaban J connectivity index is 2.92. The molecule has 0 amide bonds. The molecule has 0 saturated heterocycles. The monoisotopic (exact) mass is 241 g/mol. The molecule has 70 valence electrons. The van der Waals surface area contributed by atoms with Crippen LogP contribution in [0.5, 0.6) is 0 Å². The minimum absolute atomic E-state index is 0.718. The second-order valence-electron chi connectivity index (χ2n) is 2.47. The van der Waals surface area contributed by atoms with E-state index in [0.29, 0.717) is 0 Å². The summed E-state index contributed by atoms with van der Waals surface area (Å²) in [5, 5.41) is 0. The topological polar surface area (TPSA) is 50.4 Å². The van der Waals surface area contributed by atoms with Crippen molar-refractivity contribution in [3.8, 4) is 0 Å². The van der Waals surface area contributed by atoms with Gasteiger partial charge in [-0.2, -0.15) is 0 Å². The summed E-state index contributed by atoms with van der Waals surface area (Å²) in [6.07, 6.45) is 0. The zero-order valence-corrected chi connectivity index (χ0v) is 9.01. The summed E-state index contributed by atoms with van der Waals surface area (Å²) in [7, 11) is 0. The highest BCUT2D eigenvalue weighted by Crippen LogP contribution is 2.10. The van der Waals surface area contributed by atoms with Gasteiger partial charge in [-0.1, -0.05) is 28.1 Å². The lowest BCUT2D eigenvalue weighted by Gasteiger charge is -2.04. The minimum atomic E-state index is 0.718. The molecular weight excluding hydrogens is 230 g/mol. The van der Waals surface area contributed by atoms with Crippen molar-refractivity contribution in [1.29, 1.82) is 0 Å². The van der Waals surface area contributed by atoms with Gasteiger partial charge in [0, 0.05) is 16.6 Å². The zero-order valence-electron chi connectivity index (χ0n) is 7.42. The fourth-order valence-electron chi connectivity index (χ4n) is 0.986. The average Bonchev–Trinajstić information content (AvgIpc) is 2.16. The van der Waals surface area contributed by atoms with Crippen molar-refractivity contribution in [3.63, 3.8) is 0 Å². The molecule has 0 atom stereocenters. The molecule has 0 heterocycles. The molecule has 0 fully saturated rings. The van der Waals surface area contributed by atoms with Crippen LogP contribution in [0.3, 0.4) is 0 Å². The minimum Gasteiger partial charge on any atom is -0.308 e. The number of halogens is 1.